The molecule has 25 heavy (non-hydrogen) atoms. The molecule has 0 spiro atoms. The number of halogens is 1. The van der Waals surface area contributed by atoms with E-state index < -0.39 is 5.25 Å². The molecule has 2 aromatic rings. The highest BCUT2D eigenvalue weighted by Crippen LogP contribution is 2.37. The molecule has 0 radical (unpaired) electrons. The topological polar surface area (TPSA) is 72.3 Å². The van der Waals surface area contributed by atoms with Gasteiger partial charge in [-0.3, -0.25) is 4.79 Å². The molecule has 2 aliphatic heterocycles. The molecular weight excluding hydrogens is 345 g/mol. The minimum atomic E-state index is -0.403. The van der Waals surface area contributed by atoms with Crippen molar-refractivity contribution in [1.82, 2.24) is 19.8 Å². The molecule has 1 amide bonds. The Kier molecular flexibility index (Phi) is 4.34. The highest BCUT2D eigenvalue weighted by atomic mass is 32.2. The second-order valence-corrected chi connectivity index (χ2v) is 7.11. The van der Waals surface area contributed by atoms with Crippen LogP contribution in [0.1, 0.15) is 17.4 Å². The third-order valence-corrected chi connectivity index (χ3v) is 5.60. The van der Waals surface area contributed by atoms with Crippen molar-refractivity contribution >= 4 is 17.7 Å². The minimum Gasteiger partial charge on any atom is -0.378 e. The summed E-state index contributed by atoms with van der Waals surface area (Å²) in [6.07, 6.45) is 0. The zero-order valence-electron chi connectivity index (χ0n) is 13.7. The first kappa shape index (κ1) is 16.3. The summed E-state index contributed by atoms with van der Waals surface area (Å²) in [5, 5.41) is 8.46. The molecule has 0 saturated carbocycles. The lowest BCUT2D eigenvalue weighted by molar-refractivity contribution is -0.135. The van der Waals surface area contributed by atoms with Crippen LogP contribution in [-0.2, 0) is 9.53 Å². The van der Waals surface area contributed by atoms with E-state index in [9.17, 15) is 9.18 Å². The monoisotopic (exact) mass is 363 g/mol. The molecule has 7 nitrogen and oxygen atoms in total. The lowest BCUT2D eigenvalue weighted by atomic mass is 10.0. The fraction of sp³-hybridized carbons (Fsp3) is 0.438. The number of benzene rings is 1. The fourth-order valence-electron chi connectivity index (χ4n) is 3.03. The number of aryl methyl sites for hydroxylation is 1. The zero-order chi connectivity index (χ0) is 17.4. The van der Waals surface area contributed by atoms with Crippen LogP contribution >= 0.6 is 11.8 Å². The Bertz CT molecular complexity index is 775. The molecule has 132 valence electrons. The Labute approximate surface area is 148 Å². The fourth-order valence-corrected chi connectivity index (χ4v) is 4.24. The summed E-state index contributed by atoms with van der Waals surface area (Å²) in [4.78, 5) is 14.9. The molecule has 1 aromatic carbocycles. The zero-order valence-corrected chi connectivity index (χ0v) is 14.5. The number of carbonyl (C=O) groups excluding carboxylic acids is 1. The van der Waals surface area contributed by atoms with Crippen LogP contribution in [0.2, 0.25) is 0 Å². The number of carbonyl (C=O) groups is 1. The predicted molar refractivity (Wildman–Crippen MR) is 90.3 cm³/mol. The maximum Gasteiger partial charge on any atom is 0.238 e. The van der Waals surface area contributed by atoms with Crippen LogP contribution in [0.25, 0.3) is 0 Å². The Hall–Kier alpha value is -2.13. The van der Waals surface area contributed by atoms with E-state index in [1.165, 1.54) is 23.9 Å². The molecule has 0 bridgehead atoms. The normalized spacial score (nSPS) is 23.0. The standard InChI is InChI=1S/C16H18FN5O2S/c1-10-18-19-16-22(10)20-13(11-2-4-12(17)5-3-11)14(25-16)15(23)21-6-8-24-9-7-21/h2-5,13-14,20H,6-9H2,1H3/t13-,14+/m1/s1. The Morgan fingerprint density at radius 3 is 2.72 bits per heavy atom. The van der Waals surface area contributed by atoms with Crippen LogP contribution in [-0.4, -0.2) is 57.2 Å². The van der Waals surface area contributed by atoms with Crippen molar-refractivity contribution in [3.63, 3.8) is 0 Å². The van der Waals surface area contributed by atoms with Crippen molar-refractivity contribution in [3.8, 4) is 0 Å². The highest BCUT2D eigenvalue weighted by Gasteiger charge is 2.39. The molecule has 1 aromatic heterocycles. The van der Waals surface area contributed by atoms with Gasteiger partial charge in [0, 0.05) is 13.1 Å². The number of rotatable bonds is 2. The van der Waals surface area contributed by atoms with Gasteiger partial charge in [-0.1, -0.05) is 23.9 Å². The van der Waals surface area contributed by atoms with Crippen molar-refractivity contribution in [3.05, 3.63) is 41.5 Å². The number of morpholine rings is 1. The number of amides is 1. The van der Waals surface area contributed by atoms with Crippen molar-refractivity contribution < 1.29 is 13.9 Å². The van der Waals surface area contributed by atoms with E-state index in [0.29, 0.717) is 37.3 Å². The quantitative estimate of drug-likeness (QED) is 0.868. The minimum absolute atomic E-state index is 0.0297. The van der Waals surface area contributed by atoms with Gasteiger partial charge in [-0.05, 0) is 24.6 Å². The summed E-state index contributed by atoms with van der Waals surface area (Å²) in [5.74, 6) is 0.443. The molecule has 3 heterocycles. The van der Waals surface area contributed by atoms with Gasteiger partial charge in [0.15, 0.2) is 0 Å². The van der Waals surface area contributed by atoms with Gasteiger partial charge in [0.25, 0.3) is 0 Å². The van der Waals surface area contributed by atoms with Gasteiger partial charge >= 0.3 is 0 Å². The molecule has 2 aliphatic rings. The highest BCUT2D eigenvalue weighted by molar-refractivity contribution is 8.00. The van der Waals surface area contributed by atoms with Crippen LogP contribution in [0.4, 0.5) is 4.39 Å². The van der Waals surface area contributed by atoms with Crippen LogP contribution in [0, 0.1) is 12.7 Å². The van der Waals surface area contributed by atoms with E-state index in [1.54, 1.807) is 16.8 Å². The molecule has 1 saturated heterocycles. The molecular formula is C16H18FN5O2S. The maximum absolute atomic E-state index is 13.3. The second kappa shape index (κ2) is 6.64. The number of nitrogens with one attached hydrogen (secondary N) is 1. The number of ether oxygens (including phenoxy) is 1. The van der Waals surface area contributed by atoms with Gasteiger partial charge in [0.2, 0.25) is 11.1 Å². The van der Waals surface area contributed by atoms with Gasteiger partial charge in [-0.25, -0.2) is 9.07 Å². The van der Waals surface area contributed by atoms with Crippen LogP contribution in [0.15, 0.2) is 29.4 Å². The number of hydrogen-bond donors (Lipinski definition) is 1. The molecule has 4 rings (SSSR count). The van der Waals surface area contributed by atoms with Gasteiger partial charge in [-0.2, -0.15) is 0 Å². The van der Waals surface area contributed by atoms with E-state index in [1.807, 2.05) is 11.8 Å². The van der Waals surface area contributed by atoms with Crippen LogP contribution in [0.5, 0.6) is 0 Å². The van der Waals surface area contributed by atoms with E-state index in [4.69, 9.17) is 4.74 Å². The van der Waals surface area contributed by atoms with Gasteiger partial charge in [-0.15, -0.1) is 10.2 Å². The summed E-state index contributed by atoms with van der Waals surface area (Å²) >= 11 is 1.39. The van der Waals surface area contributed by atoms with Crippen molar-refractivity contribution in [1.29, 1.82) is 0 Å². The summed E-state index contributed by atoms with van der Waals surface area (Å²) in [7, 11) is 0. The summed E-state index contributed by atoms with van der Waals surface area (Å²) in [5.41, 5.74) is 4.17. The molecule has 9 heteroatoms. The number of nitrogens with zero attached hydrogens (tertiary/aromatic N) is 4. The maximum atomic E-state index is 13.3. The van der Waals surface area contributed by atoms with E-state index in [0.717, 1.165) is 5.56 Å². The Balaban J connectivity index is 1.68. The molecule has 0 unspecified atom stereocenters. The number of fused-ring (bicyclic) bond motifs is 1. The lowest BCUT2D eigenvalue weighted by Crippen LogP contribution is -2.49. The first-order valence-electron chi connectivity index (χ1n) is 8.11. The van der Waals surface area contributed by atoms with Gasteiger partial charge in [0.1, 0.15) is 16.9 Å². The summed E-state index contributed by atoms with van der Waals surface area (Å²) < 4.78 is 20.4. The summed E-state index contributed by atoms with van der Waals surface area (Å²) in [6.45, 7) is 4.10. The van der Waals surface area contributed by atoms with Gasteiger partial charge in [0.05, 0.1) is 19.3 Å². The molecule has 0 aliphatic carbocycles. The lowest BCUT2D eigenvalue weighted by Gasteiger charge is -2.36. The predicted octanol–water partition coefficient (Wildman–Crippen LogP) is 1.34. The molecule has 1 fully saturated rings. The van der Waals surface area contributed by atoms with Gasteiger partial charge < -0.3 is 15.1 Å². The average molecular weight is 363 g/mol. The average Bonchev–Trinajstić information content (AvgIpc) is 3.02. The van der Waals surface area contributed by atoms with E-state index in [2.05, 4.69) is 15.6 Å². The van der Waals surface area contributed by atoms with Crippen LogP contribution < -0.4 is 5.43 Å². The molecule has 2 atom stereocenters. The van der Waals surface area contributed by atoms with Crippen LogP contribution in [0.3, 0.4) is 0 Å². The third-order valence-electron chi connectivity index (χ3n) is 4.39. The van der Waals surface area contributed by atoms with E-state index >= 15 is 0 Å². The number of hydrogen-bond acceptors (Lipinski definition) is 6. The number of aromatic nitrogens is 3. The number of thioether (sulfide) groups is 1. The first-order chi connectivity index (χ1) is 12.1. The Morgan fingerprint density at radius 2 is 2.00 bits per heavy atom. The second-order valence-electron chi connectivity index (χ2n) is 6.00. The third kappa shape index (κ3) is 3.09. The van der Waals surface area contributed by atoms with Crippen molar-refractivity contribution in [2.24, 2.45) is 0 Å². The molecule has 1 N–H and O–H groups in total. The Morgan fingerprint density at radius 1 is 1.28 bits per heavy atom. The van der Waals surface area contributed by atoms with E-state index in [-0.39, 0.29) is 17.8 Å². The SMILES string of the molecule is Cc1nnc2n1N[C@H](c1ccc(F)cc1)[C@@H](C(=O)N1CCOCC1)S2. The van der Waals surface area contributed by atoms with Crippen molar-refractivity contribution in [2.45, 2.75) is 23.4 Å². The largest absolute Gasteiger partial charge is 0.378 e. The van der Waals surface area contributed by atoms with Crippen molar-refractivity contribution in [2.75, 3.05) is 31.7 Å². The first-order valence-corrected chi connectivity index (χ1v) is 8.98. The smallest absolute Gasteiger partial charge is 0.238 e. The summed E-state index contributed by atoms with van der Waals surface area (Å²) in [6, 6.07) is 5.93.